The largest absolute Gasteiger partial charge is 0.293 e. The summed E-state index contributed by atoms with van der Waals surface area (Å²) in [5, 5.41) is 8.37. The number of hydrogen-bond donors (Lipinski definition) is 0. The monoisotopic (exact) mass is 268 g/mol. The van der Waals surface area contributed by atoms with Gasteiger partial charge in [-0.1, -0.05) is 6.07 Å². The smallest absolute Gasteiger partial charge is 0.160 e. The summed E-state index contributed by atoms with van der Waals surface area (Å²) in [5.41, 5.74) is 2.75. The zero-order chi connectivity index (χ0) is 13.9. The van der Waals surface area contributed by atoms with Gasteiger partial charge in [-0.25, -0.2) is 0 Å². The van der Waals surface area contributed by atoms with Crippen molar-refractivity contribution in [3.05, 3.63) is 54.0 Å². The van der Waals surface area contributed by atoms with E-state index < -0.39 is 0 Å². The molecule has 0 aliphatic rings. The molecule has 0 aliphatic carbocycles. The first-order valence-electron chi connectivity index (χ1n) is 6.47. The van der Waals surface area contributed by atoms with Gasteiger partial charge < -0.3 is 0 Å². The van der Waals surface area contributed by atoms with E-state index in [-0.39, 0.29) is 0 Å². The molecule has 102 valence electrons. The van der Waals surface area contributed by atoms with Gasteiger partial charge in [-0.3, -0.25) is 19.3 Å². The lowest BCUT2D eigenvalue weighted by Crippen LogP contribution is -2.19. The Kier molecular flexibility index (Phi) is 3.39. The van der Waals surface area contributed by atoms with E-state index >= 15 is 0 Å². The highest BCUT2D eigenvalue weighted by atomic mass is 15.3. The summed E-state index contributed by atoms with van der Waals surface area (Å²) in [7, 11) is 2.03. The topological polar surface area (TPSA) is 59.2 Å². The minimum Gasteiger partial charge on any atom is -0.293 e. The highest BCUT2D eigenvalue weighted by molar-refractivity contribution is 5.36. The van der Waals surface area contributed by atoms with Crippen molar-refractivity contribution in [3.63, 3.8) is 0 Å². The molecule has 0 radical (unpaired) electrons. The maximum absolute atomic E-state index is 4.36. The molecule has 6 heteroatoms. The van der Waals surface area contributed by atoms with Crippen LogP contribution in [-0.2, 0) is 13.1 Å². The lowest BCUT2D eigenvalue weighted by Gasteiger charge is -2.14. The second-order valence-electron chi connectivity index (χ2n) is 4.87. The van der Waals surface area contributed by atoms with Crippen LogP contribution in [0.5, 0.6) is 0 Å². The minimum atomic E-state index is 0.709. The Labute approximate surface area is 117 Å². The van der Waals surface area contributed by atoms with Crippen molar-refractivity contribution >= 4 is 5.65 Å². The van der Waals surface area contributed by atoms with Crippen LogP contribution >= 0.6 is 0 Å². The third-order valence-electron chi connectivity index (χ3n) is 3.06. The van der Waals surface area contributed by atoms with Crippen LogP contribution in [0.4, 0.5) is 0 Å². The normalized spacial score (nSPS) is 11.3. The quantitative estimate of drug-likeness (QED) is 0.717. The van der Waals surface area contributed by atoms with E-state index in [1.165, 1.54) is 0 Å². The summed E-state index contributed by atoms with van der Waals surface area (Å²) >= 11 is 0. The van der Waals surface area contributed by atoms with Gasteiger partial charge in [0.05, 0.1) is 17.9 Å². The van der Waals surface area contributed by atoms with Crippen LogP contribution in [0.25, 0.3) is 5.65 Å². The minimum absolute atomic E-state index is 0.709. The molecule has 0 aromatic carbocycles. The molecule has 0 fully saturated rings. The van der Waals surface area contributed by atoms with Crippen LogP contribution in [0.2, 0.25) is 0 Å². The Balaban J connectivity index is 1.72. The third kappa shape index (κ3) is 2.65. The Morgan fingerprint density at radius 2 is 2.00 bits per heavy atom. The predicted octanol–water partition coefficient (Wildman–Crippen LogP) is 1.46. The molecule has 0 saturated carbocycles. The molecule has 0 N–H and O–H groups in total. The fourth-order valence-corrected chi connectivity index (χ4v) is 2.07. The number of aryl methyl sites for hydroxylation is 1. The lowest BCUT2D eigenvalue weighted by atomic mass is 10.4. The zero-order valence-electron chi connectivity index (χ0n) is 11.6. The first-order chi connectivity index (χ1) is 9.72. The highest BCUT2D eigenvalue weighted by Crippen LogP contribution is 2.07. The maximum atomic E-state index is 4.36. The van der Waals surface area contributed by atoms with Crippen molar-refractivity contribution in [1.82, 2.24) is 29.5 Å². The van der Waals surface area contributed by atoms with E-state index in [1.807, 2.05) is 49.0 Å². The summed E-state index contributed by atoms with van der Waals surface area (Å²) in [4.78, 5) is 10.8. The van der Waals surface area contributed by atoms with Crippen LogP contribution < -0.4 is 0 Å². The summed E-state index contributed by atoms with van der Waals surface area (Å²) < 4.78 is 2.00. The Hall–Kier alpha value is -2.34. The van der Waals surface area contributed by atoms with Gasteiger partial charge in [0.2, 0.25) is 0 Å². The first-order valence-corrected chi connectivity index (χ1v) is 6.47. The van der Waals surface area contributed by atoms with Gasteiger partial charge >= 0.3 is 0 Å². The van der Waals surface area contributed by atoms with Crippen LogP contribution in [-0.4, -0.2) is 36.5 Å². The van der Waals surface area contributed by atoms with E-state index in [1.54, 1.807) is 6.20 Å². The molecular formula is C14H16N6. The Bertz CT molecular complexity index is 703. The van der Waals surface area contributed by atoms with Gasteiger partial charge in [0.15, 0.2) is 11.5 Å². The second-order valence-corrected chi connectivity index (χ2v) is 4.87. The fraction of sp³-hybridized carbons (Fsp3) is 0.286. The van der Waals surface area contributed by atoms with E-state index in [4.69, 9.17) is 0 Å². The molecule has 0 saturated heterocycles. The van der Waals surface area contributed by atoms with Crippen molar-refractivity contribution in [2.45, 2.75) is 20.0 Å². The van der Waals surface area contributed by atoms with Crippen molar-refractivity contribution in [2.24, 2.45) is 0 Å². The summed E-state index contributed by atoms with van der Waals surface area (Å²) in [6.45, 7) is 3.37. The van der Waals surface area contributed by atoms with Gasteiger partial charge in [0.1, 0.15) is 0 Å². The average Bonchev–Trinajstić information content (AvgIpc) is 2.85. The Morgan fingerprint density at radius 1 is 1.10 bits per heavy atom. The number of pyridine rings is 1. The molecule has 3 heterocycles. The molecule has 0 bridgehead atoms. The number of nitrogens with zero attached hydrogens (tertiary/aromatic N) is 6. The van der Waals surface area contributed by atoms with E-state index in [2.05, 4.69) is 25.1 Å². The lowest BCUT2D eigenvalue weighted by molar-refractivity contribution is 0.305. The van der Waals surface area contributed by atoms with Crippen molar-refractivity contribution in [3.8, 4) is 0 Å². The molecule has 20 heavy (non-hydrogen) atoms. The van der Waals surface area contributed by atoms with E-state index in [0.717, 1.165) is 29.4 Å². The third-order valence-corrected chi connectivity index (χ3v) is 3.06. The molecule has 0 amide bonds. The van der Waals surface area contributed by atoms with E-state index in [0.29, 0.717) is 6.54 Å². The maximum Gasteiger partial charge on any atom is 0.160 e. The van der Waals surface area contributed by atoms with Gasteiger partial charge in [-0.2, -0.15) is 0 Å². The fourth-order valence-electron chi connectivity index (χ4n) is 2.07. The number of aromatic nitrogens is 5. The van der Waals surface area contributed by atoms with Gasteiger partial charge in [-0.15, -0.1) is 10.2 Å². The standard InChI is InChI=1S/C14H16N6/c1-11-7-16-12(8-15-11)9-19(2)10-14-18-17-13-5-3-4-6-20(13)14/h3-8H,9-10H2,1-2H3. The number of rotatable bonds is 4. The predicted molar refractivity (Wildman–Crippen MR) is 74.9 cm³/mol. The molecule has 0 aliphatic heterocycles. The van der Waals surface area contributed by atoms with Crippen LogP contribution in [0.3, 0.4) is 0 Å². The molecule has 3 rings (SSSR count). The van der Waals surface area contributed by atoms with E-state index in [9.17, 15) is 0 Å². The molecule has 6 nitrogen and oxygen atoms in total. The van der Waals surface area contributed by atoms with Gasteiger partial charge in [-0.05, 0) is 26.1 Å². The summed E-state index contributed by atoms with van der Waals surface area (Å²) in [5.74, 6) is 0.920. The van der Waals surface area contributed by atoms with Crippen molar-refractivity contribution < 1.29 is 0 Å². The molecule has 3 aromatic rings. The second kappa shape index (κ2) is 5.34. The highest BCUT2D eigenvalue weighted by Gasteiger charge is 2.09. The van der Waals surface area contributed by atoms with Crippen molar-refractivity contribution in [1.29, 1.82) is 0 Å². The molecule has 3 aromatic heterocycles. The molecule has 0 atom stereocenters. The molecule has 0 unspecified atom stereocenters. The SMILES string of the molecule is Cc1cnc(CN(C)Cc2nnc3ccccn23)cn1. The van der Waals surface area contributed by atoms with Crippen LogP contribution in [0.15, 0.2) is 36.8 Å². The number of fused-ring (bicyclic) bond motifs is 1. The van der Waals surface area contributed by atoms with Crippen LogP contribution in [0, 0.1) is 6.92 Å². The Morgan fingerprint density at radius 3 is 2.80 bits per heavy atom. The summed E-state index contributed by atoms with van der Waals surface area (Å²) in [6, 6.07) is 5.88. The summed E-state index contributed by atoms with van der Waals surface area (Å²) in [6.07, 6.45) is 5.58. The van der Waals surface area contributed by atoms with Crippen LogP contribution in [0.1, 0.15) is 17.2 Å². The zero-order valence-corrected chi connectivity index (χ0v) is 11.6. The van der Waals surface area contributed by atoms with Gasteiger partial charge in [0.25, 0.3) is 0 Å². The molecular weight excluding hydrogens is 252 g/mol. The van der Waals surface area contributed by atoms with Crippen molar-refractivity contribution in [2.75, 3.05) is 7.05 Å². The number of hydrogen-bond acceptors (Lipinski definition) is 5. The average molecular weight is 268 g/mol. The molecule has 0 spiro atoms. The van der Waals surface area contributed by atoms with Gasteiger partial charge in [0, 0.05) is 25.1 Å². The first kappa shape index (κ1) is 12.7.